The molecule has 2 aromatic heterocycles. The Labute approximate surface area is 128 Å². The standard InChI is InChI=1S/C13H18ClN7/c1-2-20-7-3-5-10(9-20)16-12-17-11(14)18-13(19-12)21-8-4-6-15-21/h4,6,8,10H,2-3,5,7,9H2,1H3,(H,16,17,18,19). The molecule has 0 bridgehead atoms. The van der Waals surface area contributed by atoms with E-state index in [1.54, 1.807) is 17.1 Å². The van der Waals surface area contributed by atoms with Gasteiger partial charge in [-0.05, 0) is 43.6 Å². The zero-order valence-corrected chi connectivity index (χ0v) is 12.7. The van der Waals surface area contributed by atoms with Crippen molar-refractivity contribution in [2.75, 3.05) is 25.0 Å². The summed E-state index contributed by atoms with van der Waals surface area (Å²) >= 11 is 5.99. The maximum Gasteiger partial charge on any atom is 0.256 e. The molecule has 1 fully saturated rings. The van der Waals surface area contributed by atoms with Gasteiger partial charge in [-0.2, -0.15) is 20.1 Å². The summed E-state index contributed by atoms with van der Waals surface area (Å²) in [6.07, 6.45) is 5.73. The molecule has 7 nitrogen and oxygen atoms in total. The number of aromatic nitrogens is 5. The van der Waals surface area contributed by atoms with Crippen LogP contribution in [-0.2, 0) is 0 Å². The number of likely N-dealkylation sites (N-methyl/N-ethyl adjacent to an activating group) is 1. The first-order valence-electron chi connectivity index (χ1n) is 7.15. The first-order valence-corrected chi connectivity index (χ1v) is 7.53. The van der Waals surface area contributed by atoms with Crippen LogP contribution in [0, 0.1) is 0 Å². The fraction of sp³-hybridized carbons (Fsp3) is 0.538. The van der Waals surface area contributed by atoms with Gasteiger partial charge >= 0.3 is 0 Å². The summed E-state index contributed by atoms with van der Waals surface area (Å²) in [5.74, 6) is 0.925. The van der Waals surface area contributed by atoms with Gasteiger partial charge < -0.3 is 10.2 Å². The van der Waals surface area contributed by atoms with Crippen LogP contribution < -0.4 is 5.32 Å². The van der Waals surface area contributed by atoms with Crippen LogP contribution in [0.5, 0.6) is 0 Å². The minimum atomic E-state index is 0.168. The summed E-state index contributed by atoms with van der Waals surface area (Å²) in [6, 6.07) is 2.15. The van der Waals surface area contributed by atoms with Crippen molar-refractivity contribution in [1.29, 1.82) is 0 Å². The van der Waals surface area contributed by atoms with Crippen molar-refractivity contribution in [3.05, 3.63) is 23.7 Å². The maximum atomic E-state index is 5.99. The SMILES string of the molecule is CCN1CCCC(Nc2nc(Cl)nc(-n3cccn3)n2)C1. The molecule has 0 saturated carbocycles. The predicted molar refractivity (Wildman–Crippen MR) is 80.7 cm³/mol. The summed E-state index contributed by atoms with van der Waals surface area (Å²) in [4.78, 5) is 15.1. The van der Waals surface area contributed by atoms with Crippen LogP contribution in [0.15, 0.2) is 18.5 Å². The molecule has 1 saturated heterocycles. The van der Waals surface area contributed by atoms with Crippen molar-refractivity contribution in [3.8, 4) is 5.95 Å². The van der Waals surface area contributed by atoms with Gasteiger partial charge in [0, 0.05) is 25.0 Å². The van der Waals surface area contributed by atoms with E-state index in [0.29, 0.717) is 17.9 Å². The van der Waals surface area contributed by atoms with E-state index in [-0.39, 0.29) is 5.28 Å². The van der Waals surface area contributed by atoms with Gasteiger partial charge in [0.05, 0.1) is 0 Å². The van der Waals surface area contributed by atoms with E-state index < -0.39 is 0 Å². The van der Waals surface area contributed by atoms with Gasteiger partial charge in [-0.25, -0.2) is 4.68 Å². The third kappa shape index (κ3) is 3.48. The molecule has 21 heavy (non-hydrogen) atoms. The van der Waals surface area contributed by atoms with Crippen LogP contribution in [-0.4, -0.2) is 55.3 Å². The molecule has 0 aromatic carbocycles. The molecule has 1 aliphatic heterocycles. The Morgan fingerprint density at radius 3 is 3.05 bits per heavy atom. The Morgan fingerprint density at radius 1 is 1.38 bits per heavy atom. The monoisotopic (exact) mass is 307 g/mol. The van der Waals surface area contributed by atoms with Gasteiger partial charge in [0.2, 0.25) is 11.2 Å². The molecule has 1 unspecified atom stereocenters. The highest BCUT2D eigenvalue weighted by atomic mass is 35.5. The van der Waals surface area contributed by atoms with Gasteiger partial charge in [-0.15, -0.1) is 0 Å². The van der Waals surface area contributed by atoms with E-state index >= 15 is 0 Å². The Morgan fingerprint density at radius 2 is 2.29 bits per heavy atom. The lowest BCUT2D eigenvalue weighted by molar-refractivity contribution is 0.226. The van der Waals surface area contributed by atoms with Gasteiger partial charge in [0.15, 0.2) is 0 Å². The lowest BCUT2D eigenvalue weighted by atomic mass is 10.1. The molecule has 3 rings (SSSR count). The molecule has 3 heterocycles. The largest absolute Gasteiger partial charge is 0.350 e. The second-order valence-corrected chi connectivity index (χ2v) is 5.39. The minimum Gasteiger partial charge on any atom is -0.350 e. The third-order valence-electron chi connectivity index (χ3n) is 3.59. The predicted octanol–water partition coefficient (Wildman–Crippen LogP) is 1.61. The molecular formula is C13H18ClN7. The Hall–Kier alpha value is -1.73. The van der Waals surface area contributed by atoms with Crippen LogP contribution >= 0.6 is 11.6 Å². The molecule has 1 aliphatic rings. The molecule has 0 amide bonds. The normalized spacial score (nSPS) is 19.6. The van der Waals surface area contributed by atoms with Crippen LogP contribution in [0.2, 0.25) is 5.28 Å². The fourth-order valence-electron chi connectivity index (χ4n) is 2.54. The zero-order chi connectivity index (χ0) is 14.7. The topological polar surface area (TPSA) is 71.8 Å². The van der Waals surface area contributed by atoms with Gasteiger partial charge in [-0.3, -0.25) is 0 Å². The quantitative estimate of drug-likeness (QED) is 0.925. The number of nitrogens with one attached hydrogen (secondary N) is 1. The average molecular weight is 308 g/mol. The van der Waals surface area contributed by atoms with E-state index in [1.807, 2.05) is 6.07 Å². The molecule has 1 atom stereocenters. The Balaban J connectivity index is 1.76. The van der Waals surface area contributed by atoms with Crippen LogP contribution in [0.4, 0.5) is 5.95 Å². The van der Waals surface area contributed by atoms with Crippen molar-refractivity contribution >= 4 is 17.5 Å². The molecule has 8 heteroatoms. The summed E-state index contributed by atoms with van der Waals surface area (Å²) in [5, 5.41) is 7.64. The second-order valence-electron chi connectivity index (χ2n) is 5.06. The number of hydrogen-bond acceptors (Lipinski definition) is 6. The Kier molecular flexibility index (Phi) is 4.31. The number of likely N-dealkylation sites (tertiary alicyclic amines) is 1. The smallest absolute Gasteiger partial charge is 0.256 e. The molecule has 112 valence electrons. The fourth-order valence-corrected chi connectivity index (χ4v) is 2.69. The van der Waals surface area contributed by atoms with E-state index in [0.717, 1.165) is 26.1 Å². The van der Waals surface area contributed by atoms with E-state index in [9.17, 15) is 0 Å². The van der Waals surface area contributed by atoms with Crippen molar-refractivity contribution < 1.29 is 0 Å². The highest BCUT2D eigenvalue weighted by Crippen LogP contribution is 2.15. The van der Waals surface area contributed by atoms with E-state index in [2.05, 4.69) is 37.2 Å². The second kappa shape index (κ2) is 6.36. The van der Waals surface area contributed by atoms with Crippen molar-refractivity contribution in [3.63, 3.8) is 0 Å². The van der Waals surface area contributed by atoms with Crippen molar-refractivity contribution in [2.24, 2.45) is 0 Å². The molecule has 0 spiro atoms. The highest BCUT2D eigenvalue weighted by molar-refractivity contribution is 6.28. The van der Waals surface area contributed by atoms with Gasteiger partial charge in [0.1, 0.15) is 0 Å². The van der Waals surface area contributed by atoms with Crippen LogP contribution in [0.3, 0.4) is 0 Å². The summed E-state index contributed by atoms with van der Waals surface area (Å²) in [7, 11) is 0. The van der Waals surface area contributed by atoms with E-state index in [1.165, 1.54) is 6.42 Å². The molecule has 2 aromatic rings. The molecule has 0 aliphatic carbocycles. The first-order chi connectivity index (χ1) is 10.2. The molecule has 1 N–H and O–H groups in total. The molecule has 0 radical (unpaired) electrons. The lowest BCUT2D eigenvalue weighted by Crippen LogP contribution is -2.42. The lowest BCUT2D eigenvalue weighted by Gasteiger charge is -2.32. The average Bonchev–Trinajstić information content (AvgIpc) is 3.01. The van der Waals surface area contributed by atoms with Crippen LogP contribution in [0.25, 0.3) is 5.95 Å². The zero-order valence-electron chi connectivity index (χ0n) is 11.9. The number of hydrogen-bond donors (Lipinski definition) is 1. The molecular weight excluding hydrogens is 290 g/mol. The number of rotatable bonds is 4. The summed E-state index contributed by atoms with van der Waals surface area (Å²) < 4.78 is 1.57. The maximum absolute atomic E-state index is 5.99. The number of halogens is 1. The number of piperidine rings is 1. The summed E-state index contributed by atoms with van der Waals surface area (Å²) in [5.41, 5.74) is 0. The third-order valence-corrected chi connectivity index (χ3v) is 3.76. The first kappa shape index (κ1) is 14.2. The summed E-state index contributed by atoms with van der Waals surface area (Å²) in [6.45, 7) is 5.40. The van der Waals surface area contributed by atoms with Crippen LogP contribution in [0.1, 0.15) is 19.8 Å². The minimum absolute atomic E-state index is 0.168. The van der Waals surface area contributed by atoms with Crippen molar-refractivity contribution in [2.45, 2.75) is 25.8 Å². The van der Waals surface area contributed by atoms with E-state index in [4.69, 9.17) is 11.6 Å². The van der Waals surface area contributed by atoms with Gasteiger partial charge in [0.25, 0.3) is 5.95 Å². The number of anilines is 1. The van der Waals surface area contributed by atoms with Gasteiger partial charge in [-0.1, -0.05) is 6.92 Å². The number of nitrogens with zero attached hydrogens (tertiary/aromatic N) is 6. The van der Waals surface area contributed by atoms with Crippen molar-refractivity contribution in [1.82, 2.24) is 29.6 Å². The highest BCUT2D eigenvalue weighted by Gasteiger charge is 2.20. The Bertz CT molecular complexity index is 586.